The molecule has 3 nitrogen and oxygen atoms in total. The van der Waals surface area contributed by atoms with Crippen LogP contribution >= 0.6 is 11.8 Å². The summed E-state index contributed by atoms with van der Waals surface area (Å²) in [5.74, 6) is 2.43. The topological polar surface area (TPSA) is 29.9 Å². The van der Waals surface area contributed by atoms with Gasteiger partial charge in [0.05, 0.1) is 5.69 Å². The van der Waals surface area contributed by atoms with Crippen LogP contribution in [0.4, 0.5) is 5.95 Å². The van der Waals surface area contributed by atoms with Crippen molar-refractivity contribution in [3.05, 3.63) is 11.9 Å². The predicted molar refractivity (Wildman–Crippen MR) is 69.1 cm³/mol. The van der Waals surface area contributed by atoms with Crippen molar-refractivity contribution < 1.29 is 0 Å². The molecular formula is C12H19N3S. The van der Waals surface area contributed by atoms with E-state index in [4.69, 9.17) is 0 Å². The van der Waals surface area contributed by atoms with E-state index >= 15 is 0 Å². The average Bonchev–Trinajstić information content (AvgIpc) is 2.79. The minimum atomic E-state index is 0.691. The molecule has 0 aromatic carbocycles. The SMILES string of the molecule is Cc1cn(CC2CCCS2)c(NC2CC2)n1. The fourth-order valence-corrected chi connectivity index (χ4v) is 3.49. The highest BCUT2D eigenvalue weighted by atomic mass is 32.2. The van der Waals surface area contributed by atoms with Gasteiger partial charge >= 0.3 is 0 Å². The first-order valence-corrected chi connectivity index (χ1v) is 7.28. The number of hydrogen-bond acceptors (Lipinski definition) is 3. The summed E-state index contributed by atoms with van der Waals surface area (Å²) in [7, 11) is 0. The molecule has 1 saturated carbocycles. The lowest BCUT2D eigenvalue weighted by atomic mass is 10.2. The third-order valence-electron chi connectivity index (χ3n) is 3.23. The summed E-state index contributed by atoms with van der Waals surface area (Å²) in [6.07, 6.45) is 7.55. The van der Waals surface area contributed by atoms with Crippen molar-refractivity contribution in [2.45, 2.75) is 50.4 Å². The normalized spacial score (nSPS) is 24.9. The van der Waals surface area contributed by atoms with Crippen LogP contribution in [0.2, 0.25) is 0 Å². The fraction of sp³-hybridized carbons (Fsp3) is 0.750. The van der Waals surface area contributed by atoms with E-state index in [0.29, 0.717) is 6.04 Å². The van der Waals surface area contributed by atoms with Gasteiger partial charge in [0.25, 0.3) is 0 Å². The Hall–Kier alpha value is -0.640. The Labute approximate surface area is 101 Å². The second-order valence-electron chi connectivity index (χ2n) is 4.91. The van der Waals surface area contributed by atoms with Crippen LogP contribution in [-0.4, -0.2) is 26.6 Å². The second-order valence-corrected chi connectivity index (χ2v) is 6.32. The van der Waals surface area contributed by atoms with Crippen molar-refractivity contribution in [1.82, 2.24) is 9.55 Å². The van der Waals surface area contributed by atoms with Crippen LogP contribution in [0, 0.1) is 6.92 Å². The van der Waals surface area contributed by atoms with Crippen LogP contribution in [0.1, 0.15) is 31.4 Å². The van der Waals surface area contributed by atoms with E-state index < -0.39 is 0 Å². The Morgan fingerprint density at radius 1 is 1.50 bits per heavy atom. The molecule has 1 aromatic heterocycles. The highest BCUT2D eigenvalue weighted by Crippen LogP contribution is 2.29. The van der Waals surface area contributed by atoms with Gasteiger partial charge in [-0.05, 0) is 38.4 Å². The van der Waals surface area contributed by atoms with Gasteiger partial charge in [-0.15, -0.1) is 0 Å². The first-order valence-electron chi connectivity index (χ1n) is 6.23. The van der Waals surface area contributed by atoms with Gasteiger partial charge < -0.3 is 9.88 Å². The van der Waals surface area contributed by atoms with Crippen molar-refractivity contribution in [3.63, 3.8) is 0 Å². The maximum atomic E-state index is 4.58. The van der Waals surface area contributed by atoms with E-state index in [-0.39, 0.29) is 0 Å². The van der Waals surface area contributed by atoms with Gasteiger partial charge in [-0.2, -0.15) is 11.8 Å². The number of aromatic nitrogens is 2. The van der Waals surface area contributed by atoms with Gasteiger partial charge in [-0.3, -0.25) is 0 Å². The van der Waals surface area contributed by atoms with Crippen LogP contribution in [0.15, 0.2) is 6.20 Å². The van der Waals surface area contributed by atoms with Gasteiger partial charge in [0.1, 0.15) is 0 Å². The number of nitrogens with one attached hydrogen (secondary N) is 1. The number of imidazole rings is 1. The van der Waals surface area contributed by atoms with Crippen LogP contribution < -0.4 is 5.32 Å². The van der Waals surface area contributed by atoms with Crippen molar-refractivity contribution in [2.75, 3.05) is 11.1 Å². The Bertz CT molecular complexity index is 364. The second kappa shape index (κ2) is 4.32. The van der Waals surface area contributed by atoms with Crippen LogP contribution in [0.25, 0.3) is 0 Å². The summed E-state index contributed by atoms with van der Waals surface area (Å²) in [5, 5.41) is 4.32. The summed E-state index contributed by atoms with van der Waals surface area (Å²) >= 11 is 2.11. The monoisotopic (exact) mass is 237 g/mol. The molecule has 1 unspecified atom stereocenters. The molecule has 88 valence electrons. The molecule has 2 heterocycles. The zero-order chi connectivity index (χ0) is 11.0. The molecule has 3 rings (SSSR count). The van der Waals surface area contributed by atoms with Crippen molar-refractivity contribution in [1.29, 1.82) is 0 Å². The van der Waals surface area contributed by atoms with Crippen molar-refractivity contribution >= 4 is 17.7 Å². The Balaban J connectivity index is 1.70. The summed E-state index contributed by atoms with van der Waals surface area (Å²) in [6, 6.07) is 0.691. The standard InChI is InChI=1S/C12H19N3S/c1-9-7-15(8-11-3-2-6-16-11)12(13-9)14-10-4-5-10/h7,10-11H,2-6,8H2,1H3,(H,13,14). The van der Waals surface area contributed by atoms with Gasteiger partial charge in [-0.1, -0.05) is 0 Å². The largest absolute Gasteiger partial charge is 0.353 e. The van der Waals surface area contributed by atoms with Crippen molar-refractivity contribution in [2.24, 2.45) is 0 Å². The molecule has 2 aliphatic rings. The van der Waals surface area contributed by atoms with E-state index in [1.54, 1.807) is 0 Å². The Kier molecular flexibility index (Phi) is 2.84. The highest BCUT2D eigenvalue weighted by molar-refractivity contribution is 8.00. The summed E-state index contributed by atoms with van der Waals surface area (Å²) in [4.78, 5) is 4.58. The zero-order valence-corrected chi connectivity index (χ0v) is 10.6. The molecule has 16 heavy (non-hydrogen) atoms. The maximum Gasteiger partial charge on any atom is 0.203 e. The first kappa shape index (κ1) is 10.5. The van der Waals surface area contributed by atoms with E-state index in [1.165, 1.54) is 31.4 Å². The smallest absolute Gasteiger partial charge is 0.203 e. The molecule has 0 bridgehead atoms. The highest BCUT2D eigenvalue weighted by Gasteiger charge is 2.24. The minimum Gasteiger partial charge on any atom is -0.353 e. The molecule has 0 spiro atoms. The lowest BCUT2D eigenvalue weighted by Crippen LogP contribution is -2.14. The molecule has 1 aliphatic carbocycles. The van der Waals surface area contributed by atoms with Crippen molar-refractivity contribution in [3.8, 4) is 0 Å². The number of hydrogen-bond donors (Lipinski definition) is 1. The molecule has 1 aromatic rings. The molecule has 1 saturated heterocycles. The van der Waals surface area contributed by atoms with E-state index in [2.05, 4.69) is 39.8 Å². The van der Waals surface area contributed by atoms with Crippen LogP contribution in [-0.2, 0) is 6.54 Å². The molecule has 1 atom stereocenters. The number of thioether (sulfide) groups is 1. The molecule has 2 fully saturated rings. The number of anilines is 1. The Morgan fingerprint density at radius 3 is 3.06 bits per heavy atom. The molecular weight excluding hydrogens is 218 g/mol. The van der Waals surface area contributed by atoms with E-state index in [0.717, 1.165) is 23.4 Å². The molecule has 1 aliphatic heterocycles. The Morgan fingerprint density at radius 2 is 2.38 bits per heavy atom. The van der Waals surface area contributed by atoms with Crippen LogP contribution in [0.5, 0.6) is 0 Å². The number of rotatable bonds is 4. The van der Waals surface area contributed by atoms with E-state index in [1.807, 2.05) is 0 Å². The minimum absolute atomic E-state index is 0.691. The first-order chi connectivity index (χ1) is 7.81. The summed E-state index contributed by atoms with van der Waals surface area (Å²) < 4.78 is 2.32. The lowest BCUT2D eigenvalue weighted by Gasteiger charge is -2.12. The van der Waals surface area contributed by atoms with E-state index in [9.17, 15) is 0 Å². The van der Waals surface area contributed by atoms with Gasteiger partial charge in [0.15, 0.2) is 0 Å². The average molecular weight is 237 g/mol. The summed E-state index contributed by atoms with van der Waals surface area (Å²) in [5.41, 5.74) is 1.13. The third-order valence-corrected chi connectivity index (χ3v) is 4.61. The van der Waals surface area contributed by atoms with Gasteiger partial charge in [0, 0.05) is 24.0 Å². The fourth-order valence-electron chi connectivity index (χ4n) is 2.22. The van der Waals surface area contributed by atoms with Gasteiger partial charge in [0.2, 0.25) is 5.95 Å². The molecule has 0 radical (unpaired) electrons. The molecule has 0 amide bonds. The number of aryl methyl sites for hydroxylation is 1. The zero-order valence-electron chi connectivity index (χ0n) is 9.78. The predicted octanol–water partition coefficient (Wildman–Crippen LogP) is 2.66. The summed E-state index contributed by atoms with van der Waals surface area (Å²) in [6.45, 7) is 3.21. The quantitative estimate of drug-likeness (QED) is 0.873. The third kappa shape index (κ3) is 2.37. The number of nitrogens with zero attached hydrogens (tertiary/aromatic N) is 2. The van der Waals surface area contributed by atoms with Crippen LogP contribution in [0.3, 0.4) is 0 Å². The maximum absolute atomic E-state index is 4.58. The molecule has 1 N–H and O–H groups in total. The van der Waals surface area contributed by atoms with Gasteiger partial charge in [-0.25, -0.2) is 4.98 Å². The molecule has 4 heteroatoms. The lowest BCUT2D eigenvalue weighted by molar-refractivity contribution is 0.641.